The molecule has 0 aliphatic rings. The van der Waals surface area contributed by atoms with Gasteiger partial charge >= 0.3 is 5.97 Å². The van der Waals surface area contributed by atoms with Crippen molar-refractivity contribution >= 4 is 21.9 Å². The lowest BCUT2D eigenvalue weighted by Gasteiger charge is -2.07. The van der Waals surface area contributed by atoms with Crippen LogP contribution in [-0.4, -0.2) is 23.2 Å². The number of aromatic nitrogens is 1. The van der Waals surface area contributed by atoms with E-state index in [9.17, 15) is 9.90 Å². The maximum atomic E-state index is 10.8. The van der Waals surface area contributed by atoms with Crippen molar-refractivity contribution in [2.45, 2.75) is 12.5 Å². The standard InChI is InChI=1S/C9H10BrNO3/c1-14-9(13)4-8(12)7-3-2-6(10)5-11-7/h2-3,5,8,12H,4H2,1H3. The van der Waals surface area contributed by atoms with Gasteiger partial charge in [-0.15, -0.1) is 0 Å². The lowest BCUT2D eigenvalue weighted by atomic mass is 10.2. The van der Waals surface area contributed by atoms with Gasteiger partial charge in [0, 0.05) is 10.7 Å². The fraction of sp³-hybridized carbons (Fsp3) is 0.333. The summed E-state index contributed by atoms with van der Waals surface area (Å²) in [6.07, 6.45) is 0.580. The molecule has 1 unspecified atom stereocenters. The highest BCUT2D eigenvalue weighted by molar-refractivity contribution is 9.10. The lowest BCUT2D eigenvalue weighted by molar-refractivity contribution is -0.142. The summed E-state index contributed by atoms with van der Waals surface area (Å²) in [5.74, 6) is -0.456. The second-order valence-corrected chi connectivity index (χ2v) is 3.61. The molecule has 0 fully saturated rings. The van der Waals surface area contributed by atoms with E-state index in [4.69, 9.17) is 0 Å². The molecule has 1 aromatic rings. The third-order valence-electron chi connectivity index (χ3n) is 1.68. The van der Waals surface area contributed by atoms with Gasteiger partial charge in [0.25, 0.3) is 0 Å². The summed E-state index contributed by atoms with van der Waals surface area (Å²) in [6.45, 7) is 0. The Hall–Kier alpha value is -0.940. The van der Waals surface area contributed by atoms with Gasteiger partial charge in [-0.3, -0.25) is 9.78 Å². The van der Waals surface area contributed by atoms with Crippen molar-refractivity contribution < 1.29 is 14.6 Å². The fourth-order valence-electron chi connectivity index (χ4n) is 0.930. The first-order valence-corrected chi connectivity index (χ1v) is 4.79. The molecule has 0 spiro atoms. The van der Waals surface area contributed by atoms with Crippen LogP contribution in [0, 0.1) is 0 Å². The minimum atomic E-state index is -0.907. The quantitative estimate of drug-likeness (QED) is 0.835. The number of methoxy groups -OCH3 is 1. The highest BCUT2D eigenvalue weighted by Crippen LogP contribution is 2.16. The number of esters is 1. The molecule has 76 valence electrons. The fourth-order valence-corrected chi connectivity index (χ4v) is 1.16. The van der Waals surface area contributed by atoms with Crippen LogP contribution in [-0.2, 0) is 9.53 Å². The van der Waals surface area contributed by atoms with Crippen molar-refractivity contribution in [3.05, 3.63) is 28.5 Å². The molecule has 0 saturated heterocycles. The number of aliphatic hydroxyl groups is 1. The van der Waals surface area contributed by atoms with Gasteiger partial charge < -0.3 is 9.84 Å². The first-order chi connectivity index (χ1) is 6.63. The van der Waals surface area contributed by atoms with Gasteiger partial charge in [-0.25, -0.2) is 0 Å². The normalized spacial score (nSPS) is 12.2. The topological polar surface area (TPSA) is 59.4 Å². The smallest absolute Gasteiger partial charge is 0.308 e. The van der Waals surface area contributed by atoms with Gasteiger partial charge in [-0.1, -0.05) is 0 Å². The largest absolute Gasteiger partial charge is 0.469 e. The van der Waals surface area contributed by atoms with Crippen LogP contribution < -0.4 is 0 Å². The van der Waals surface area contributed by atoms with Gasteiger partial charge in [0.05, 0.1) is 19.2 Å². The van der Waals surface area contributed by atoms with Crippen molar-refractivity contribution in [2.24, 2.45) is 0 Å². The third kappa shape index (κ3) is 3.08. The van der Waals surface area contributed by atoms with Crippen LogP contribution in [0.15, 0.2) is 22.8 Å². The first kappa shape index (κ1) is 11.1. The number of hydrogen-bond donors (Lipinski definition) is 1. The summed E-state index contributed by atoms with van der Waals surface area (Å²) in [5, 5.41) is 9.53. The maximum Gasteiger partial charge on any atom is 0.308 e. The molecule has 0 radical (unpaired) electrons. The van der Waals surface area contributed by atoms with Crippen molar-refractivity contribution in [3.63, 3.8) is 0 Å². The van der Waals surface area contributed by atoms with Gasteiger partial charge in [0.2, 0.25) is 0 Å². The number of rotatable bonds is 3. The predicted molar refractivity (Wildman–Crippen MR) is 53.5 cm³/mol. The van der Waals surface area contributed by atoms with Crippen molar-refractivity contribution in [3.8, 4) is 0 Å². The van der Waals surface area contributed by atoms with E-state index < -0.39 is 12.1 Å². The van der Waals surface area contributed by atoms with E-state index in [0.717, 1.165) is 4.47 Å². The van der Waals surface area contributed by atoms with Crippen LogP contribution in [0.2, 0.25) is 0 Å². The number of nitrogens with zero attached hydrogens (tertiary/aromatic N) is 1. The molecule has 0 aromatic carbocycles. The average molecular weight is 260 g/mol. The summed E-state index contributed by atoms with van der Waals surface area (Å²) in [5.41, 5.74) is 0.457. The Morgan fingerprint density at radius 3 is 2.93 bits per heavy atom. The van der Waals surface area contributed by atoms with Crippen LogP contribution >= 0.6 is 15.9 Å². The molecule has 0 aliphatic heterocycles. The third-order valence-corrected chi connectivity index (χ3v) is 2.15. The number of aliphatic hydroxyl groups excluding tert-OH is 1. The lowest BCUT2D eigenvalue weighted by Crippen LogP contribution is -2.09. The molecular formula is C9H10BrNO3. The summed E-state index contributed by atoms with van der Waals surface area (Å²) in [4.78, 5) is 14.8. The van der Waals surface area contributed by atoms with Crippen LogP contribution in [0.3, 0.4) is 0 Å². The molecule has 5 heteroatoms. The number of carbonyl (C=O) groups is 1. The van der Waals surface area contributed by atoms with Crippen molar-refractivity contribution in [2.75, 3.05) is 7.11 Å². The number of pyridine rings is 1. The molecular weight excluding hydrogens is 250 g/mol. The Kier molecular flexibility index (Phi) is 4.03. The zero-order valence-electron chi connectivity index (χ0n) is 7.61. The number of halogens is 1. The van der Waals surface area contributed by atoms with E-state index in [0.29, 0.717) is 5.69 Å². The maximum absolute atomic E-state index is 10.8. The van der Waals surface area contributed by atoms with Crippen LogP contribution in [0.4, 0.5) is 0 Å². The molecule has 14 heavy (non-hydrogen) atoms. The minimum absolute atomic E-state index is 0.0782. The minimum Gasteiger partial charge on any atom is -0.469 e. The van der Waals surface area contributed by atoms with E-state index in [2.05, 4.69) is 25.7 Å². The van der Waals surface area contributed by atoms with Crippen LogP contribution in [0.1, 0.15) is 18.2 Å². The molecule has 1 atom stereocenters. The summed E-state index contributed by atoms with van der Waals surface area (Å²) in [7, 11) is 1.28. The average Bonchev–Trinajstić information content (AvgIpc) is 2.18. The number of hydrogen-bond acceptors (Lipinski definition) is 4. The molecule has 0 saturated carbocycles. The predicted octanol–water partition coefficient (Wildman–Crippen LogP) is 1.44. The van der Waals surface area contributed by atoms with Crippen molar-refractivity contribution in [1.29, 1.82) is 0 Å². The Labute approximate surface area is 90.0 Å². The molecule has 4 nitrogen and oxygen atoms in total. The van der Waals surface area contributed by atoms with Crippen LogP contribution in [0.25, 0.3) is 0 Å². The van der Waals surface area contributed by atoms with Gasteiger partial charge in [-0.2, -0.15) is 0 Å². The van der Waals surface area contributed by atoms with Crippen LogP contribution in [0.5, 0.6) is 0 Å². The first-order valence-electron chi connectivity index (χ1n) is 4.00. The Balaban J connectivity index is 2.65. The zero-order valence-corrected chi connectivity index (χ0v) is 9.19. The van der Waals surface area contributed by atoms with E-state index in [1.807, 2.05) is 0 Å². The zero-order chi connectivity index (χ0) is 10.6. The monoisotopic (exact) mass is 259 g/mol. The highest BCUT2D eigenvalue weighted by Gasteiger charge is 2.13. The van der Waals surface area contributed by atoms with Gasteiger partial charge in [-0.05, 0) is 28.1 Å². The van der Waals surface area contributed by atoms with E-state index in [1.165, 1.54) is 7.11 Å². The Morgan fingerprint density at radius 1 is 1.71 bits per heavy atom. The van der Waals surface area contributed by atoms with E-state index in [1.54, 1.807) is 18.3 Å². The second-order valence-electron chi connectivity index (χ2n) is 2.70. The highest BCUT2D eigenvalue weighted by atomic mass is 79.9. The van der Waals surface area contributed by atoms with Gasteiger partial charge in [0.15, 0.2) is 0 Å². The molecule has 1 heterocycles. The number of carbonyl (C=O) groups excluding carboxylic acids is 1. The van der Waals surface area contributed by atoms with Gasteiger partial charge in [0.1, 0.15) is 6.10 Å². The summed E-state index contributed by atoms with van der Waals surface area (Å²) < 4.78 is 5.26. The second kappa shape index (κ2) is 5.07. The SMILES string of the molecule is COC(=O)CC(O)c1ccc(Br)cn1. The Bertz CT molecular complexity index is 312. The molecule has 1 N–H and O–H groups in total. The van der Waals surface area contributed by atoms with Crippen molar-refractivity contribution in [1.82, 2.24) is 4.98 Å². The Morgan fingerprint density at radius 2 is 2.43 bits per heavy atom. The number of ether oxygens (including phenoxy) is 1. The summed E-state index contributed by atoms with van der Waals surface area (Å²) in [6, 6.07) is 3.40. The molecule has 0 aliphatic carbocycles. The summed E-state index contributed by atoms with van der Waals surface area (Å²) >= 11 is 3.22. The van der Waals surface area contributed by atoms with E-state index >= 15 is 0 Å². The molecule has 0 amide bonds. The van der Waals surface area contributed by atoms with E-state index in [-0.39, 0.29) is 6.42 Å². The molecule has 0 bridgehead atoms. The molecule has 1 aromatic heterocycles. The molecule has 1 rings (SSSR count).